The maximum absolute atomic E-state index is 12.7. The lowest BCUT2D eigenvalue weighted by Crippen LogP contribution is -2.50. The molecule has 2 aromatic rings. The first kappa shape index (κ1) is 18.4. The smallest absolute Gasteiger partial charge is 0.254 e. The summed E-state index contributed by atoms with van der Waals surface area (Å²) in [4.78, 5) is 14.4. The van der Waals surface area contributed by atoms with Crippen molar-refractivity contribution < 1.29 is 17.9 Å². The van der Waals surface area contributed by atoms with Crippen LogP contribution in [0.2, 0.25) is 0 Å². The predicted molar refractivity (Wildman–Crippen MR) is 99.9 cm³/mol. The first-order valence-electron chi connectivity index (χ1n) is 8.59. The molecule has 0 unspecified atom stereocenters. The zero-order valence-corrected chi connectivity index (χ0v) is 15.5. The number of piperazine rings is 1. The molecule has 1 saturated heterocycles. The topological polar surface area (TPSA) is 66.9 Å². The second kappa shape index (κ2) is 7.88. The Morgan fingerprint density at radius 3 is 2.27 bits per heavy atom. The van der Waals surface area contributed by atoms with E-state index in [0.717, 1.165) is 0 Å². The van der Waals surface area contributed by atoms with Crippen LogP contribution in [0.1, 0.15) is 17.3 Å². The van der Waals surface area contributed by atoms with Gasteiger partial charge in [0.15, 0.2) is 0 Å². The molecule has 0 saturated carbocycles. The van der Waals surface area contributed by atoms with Gasteiger partial charge in [0.2, 0.25) is 10.0 Å². The maximum atomic E-state index is 12.7. The van der Waals surface area contributed by atoms with E-state index in [4.69, 9.17) is 4.74 Å². The van der Waals surface area contributed by atoms with Crippen molar-refractivity contribution >= 4 is 15.9 Å². The average molecular weight is 374 g/mol. The van der Waals surface area contributed by atoms with Crippen LogP contribution in [0, 0.1) is 0 Å². The summed E-state index contributed by atoms with van der Waals surface area (Å²) in [7, 11) is -3.20. The highest BCUT2D eigenvalue weighted by atomic mass is 32.2. The molecule has 6 nitrogen and oxygen atoms in total. The molecule has 0 N–H and O–H groups in total. The van der Waals surface area contributed by atoms with Crippen molar-refractivity contribution in [3.8, 4) is 11.5 Å². The molecule has 2 aromatic carbocycles. The van der Waals surface area contributed by atoms with Gasteiger partial charge in [0.1, 0.15) is 11.5 Å². The number of carbonyl (C=O) groups is 1. The third-order valence-corrected chi connectivity index (χ3v) is 6.23. The van der Waals surface area contributed by atoms with Gasteiger partial charge in [0.25, 0.3) is 5.91 Å². The van der Waals surface area contributed by atoms with E-state index in [-0.39, 0.29) is 11.7 Å². The van der Waals surface area contributed by atoms with Gasteiger partial charge in [0, 0.05) is 31.7 Å². The van der Waals surface area contributed by atoms with Gasteiger partial charge in [-0.25, -0.2) is 8.42 Å². The second-order valence-corrected chi connectivity index (χ2v) is 8.29. The molecule has 1 aliphatic rings. The first-order valence-corrected chi connectivity index (χ1v) is 10.2. The maximum Gasteiger partial charge on any atom is 0.254 e. The Balaban J connectivity index is 1.66. The SMILES string of the molecule is CCS(=O)(=O)N1CCN(C(=O)c2cccc(Oc3ccccc3)c2)CC1. The number of sulfonamides is 1. The minimum absolute atomic E-state index is 0.0832. The van der Waals surface area contributed by atoms with E-state index in [2.05, 4.69) is 0 Å². The zero-order valence-electron chi connectivity index (χ0n) is 14.7. The first-order chi connectivity index (χ1) is 12.5. The summed E-state index contributed by atoms with van der Waals surface area (Å²) in [6, 6.07) is 16.4. The number of para-hydroxylation sites is 1. The minimum atomic E-state index is -3.20. The highest BCUT2D eigenvalue weighted by Crippen LogP contribution is 2.22. The van der Waals surface area contributed by atoms with Gasteiger partial charge < -0.3 is 9.64 Å². The van der Waals surface area contributed by atoms with Crippen molar-refractivity contribution in [1.29, 1.82) is 0 Å². The lowest BCUT2D eigenvalue weighted by atomic mass is 10.1. The Hall–Kier alpha value is -2.38. The molecule has 3 rings (SSSR count). The van der Waals surface area contributed by atoms with E-state index < -0.39 is 10.0 Å². The molecule has 1 heterocycles. The number of carbonyl (C=O) groups excluding carboxylic acids is 1. The quantitative estimate of drug-likeness (QED) is 0.807. The summed E-state index contributed by atoms with van der Waals surface area (Å²) in [5.41, 5.74) is 0.533. The van der Waals surface area contributed by atoms with Crippen LogP contribution in [0.4, 0.5) is 0 Å². The fraction of sp³-hybridized carbons (Fsp3) is 0.316. The summed E-state index contributed by atoms with van der Waals surface area (Å²) < 4.78 is 31.1. The van der Waals surface area contributed by atoms with Gasteiger partial charge in [-0.05, 0) is 37.3 Å². The van der Waals surface area contributed by atoms with Crippen LogP contribution < -0.4 is 4.74 Å². The van der Waals surface area contributed by atoms with Crippen molar-refractivity contribution in [3.63, 3.8) is 0 Å². The summed E-state index contributed by atoms with van der Waals surface area (Å²) in [5.74, 6) is 1.27. The minimum Gasteiger partial charge on any atom is -0.457 e. The van der Waals surface area contributed by atoms with Crippen LogP contribution in [-0.4, -0.2) is 55.5 Å². The number of ether oxygens (including phenoxy) is 1. The summed E-state index contributed by atoms with van der Waals surface area (Å²) in [6.07, 6.45) is 0. The highest BCUT2D eigenvalue weighted by Gasteiger charge is 2.28. The fourth-order valence-electron chi connectivity index (χ4n) is 2.85. The van der Waals surface area contributed by atoms with Crippen LogP contribution in [0.25, 0.3) is 0 Å². The Labute approximate surface area is 154 Å². The van der Waals surface area contributed by atoms with Gasteiger partial charge in [-0.2, -0.15) is 4.31 Å². The molecule has 0 aliphatic carbocycles. The Bertz CT molecular complexity index is 860. The largest absolute Gasteiger partial charge is 0.457 e. The molecule has 0 aromatic heterocycles. The van der Waals surface area contributed by atoms with Crippen LogP contribution in [0.3, 0.4) is 0 Å². The normalized spacial score (nSPS) is 15.7. The molecular weight excluding hydrogens is 352 g/mol. The number of amides is 1. The van der Waals surface area contributed by atoms with E-state index in [0.29, 0.717) is 43.2 Å². The fourth-order valence-corrected chi connectivity index (χ4v) is 3.94. The van der Waals surface area contributed by atoms with Crippen molar-refractivity contribution in [1.82, 2.24) is 9.21 Å². The number of rotatable bonds is 5. The van der Waals surface area contributed by atoms with Crippen LogP contribution in [0.5, 0.6) is 11.5 Å². The van der Waals surface area contributed by atoms with Crippen LogP contribution in [0.15, 0.2) is 54.6 Å². The summed E-state index contributed by atoms with van der Waals surface area (Å²) >= 11 is 0. The van der Waals surface area contributed by atoms with Gasteiger partial charge in [-0.15, -0.1) is 0 Å². The molecule has 1 aliphatic heterocycles. The molecule has 0 bridgehead atoms. The molecule has 7 heteroatoms. The lowest BCUT2D eigenvalue weighted by molar-refractivity contribution is 0.0697. The van der Waals surface area contributed by atoms with Crippen molar-refractivity contribution in [2.24, 2.45) is 0 Å². The monoisotopic (exact) mass is 374 g/mol. The lowest BCUT2D eigenvalue weighted by Gasteiger charge is -2.33. The van der Waals surface area contributed by atoms with Crippen molar-refractivity contribution in [3.05, 3.63) is 60.2 Å². The number of hydrogen-bond acceptors (Lipinski definition) is 4. The highest BCUT2D eigenvalue weighted by molar-refractivity contribution is 7.89. The predicted octanol–water partition coefficient (Wildman–Crippen LogP) is 2.59. The number of nitrogens with zero attached hydrogens (tertiary/aromatic N) is 2. The van der Waals surface area contributed by atoms with Crippen molar-refractivity contribution in [2.75, 3.05) is 31.9 Å². The van der Waals surface area contributed by atoms with Crippen LogP contribution >= 0.6 is 0 Å². The number of hydrogen-bond donors (Lipinski definition) is 0. The zero-order chi connectivity index (χ0) is 18.6. The Kier molecular flexibility index (Phi) is 5.58. The molecule has 1 amide bonds. The Morgan fingerprint density at radius 2 is 1.62 bits per heavy atom. The van der Waals surface area contributed by atoms with E-state index in [9.17, 15) is 13.2 Å². The molecular formula is C19H22N2O4S. The van der Waals surface area contributed by atoms with Gasteiger partial charge in [0.05, 0.1) is 5.75 Å². The van der Waals surface area contributed by atoms with E-state index >= 15 is 0 Å². The summed E-state index contributed by atoms with van der Waals surface area (Å²) in [6.45, 7) is 3.08. The van der Waals surface area contributed by atoms with E-state index in [1.807, 2.05) is 30.3 Å². The van der Waals surface area contributed by atoms with E-state index in [1.54, 1.807) is 36.1 Å². The van der Waals surface area contributed by atoms with Gasteiger partial charge in [-0.1, -0.05) is 24.3 Å². The molecule has 1 fully saturated rings. The summed E-state index contributed by atoms with van der Waals surface area (Å²) in [5, 5.41) is 0. The standard InChI is InChI=1S/C19H22N2O4S/c1-2-26(23,24)21-13-11-20(12-14-21)19(22)16-7-6-10-18(15-16)25-17-8-4-3-5-9-17/h3-10,15H,2,11-14H2,1H3. The number of benzene rings is 2. The second-order valence-electron chi connectivity index (χ2n) is 6.03. The molecule has 26 heavy (non-hydrogen) atoms. The van der Waals surface area contributed by atoms with Crippen molar-refractivity contribution in [2.45, 2.75) is 6.92 Å². The molecule has 138 valence electrons. The van der Waals surface area contributed by atoms with E-state index in [1.165, 1.54) is 4.31 Å². The molecule has 0 atom stereocenters. The third kappa shape index (κ3) is 4.23. The van der Waals surface area contributed by atoms with Gasteiger partial charge in [-0.3, -0.25) is 4.79 Å². The molecule has 0 radical (unpaired) electrons. The molecule has 0 spiro atoms. The third-order valence-electron chi connectivity index (χ3n) is 4.34. The average Bonchev–Trinajstić information content (AvgIpc) is 2.68. The Morgan fingerprint density at radius 1 is 0.962 bits per heavy atom. The van der Waals surface area contributed by atoms with Gasteiger partial charge >= 0.3 is 0 Å². The van der Waals surface area contributed by atoms with Crippen LogP contribution in [-0.2, 0) is 10.0 Å².